The Morgan fingerprint density at radius 1 is 0.967 bits per heavy atom. The van der Waals surface area contributed by atoms with Gasteiger partial charge in [-0.15, -0.1) is 0 Å². The minimum atomic E-state index is -0.356. The molecule has 0 aliphatic carbocycles. The van der Waals surface area contributed by atoms with Crippen molar-refractivity contribution in [1.29, 1.82) is 0 Å². The maximum absolute atomic E-state index is 11.8. The van der Waals surface area contributed by atoms with Gasteiger partial charge in [-0.1, -0.05) is 42.5 Å². The largest absolute Gasteiger partial charge is 0.465 e. The van der Waals surface area contributed by atoms with E-state index in [2.05, 4.69) is 17.1 Å². The minimum Gasteiger partial charge on any atom is -0.465 e. The van der Waals surface area contributed by atoms with Crippen LogP contribution in [0.5, 0.6) is 0 Å². The van der Waals surface area contributed by atoms with Gasteiger partial charge in [0.1, 0.15) is 5.65 Å². The number of fused-ring (bicyclic) bond motifs is 3. The maximum atomic E-state index is 11.8. The highest BCUT2D eigenvalue weighted by atomic mass is 16.5. The molecule has 5 nitrogen and oxygen atoms in total. The van der Waals surface area contributed by atoms with E-state index in [9.17, 15) is 4.79 Å². The number of ether oxygens (including phenoxy) is 1. The highest BCUT2D eigenvalue weighted by Gasteiger charge is 2.17. The number of esters is 1. The lowest BCUT2D eigenvalue weighted by Gasteiger charge is -2.12. The summed E-state index contributed by atoms with van der Waals surface area (Å²) in [6.45, 7) is 0. The Labute approximate surface area is 173 Å². The first-order valence-corrected chi connectivity index (χ1v) is 9.60. The standard InChI is InChI=1S/C25H19N3O2/c1-30-25(29)17-9-7-15(8-10-17)20-14-27-24-23(22(20)16-5-3-2-4-6-16)19-13-18(26)11-12-21(19)28-24/h2-14H,26H2,1H3,(H,27,28). The van der Waals surface area contributed by atoms with Gasteiger partial charge < -0.3 is 15.5 Å². The Balaban J connectivity index is 1.83. The van der Waals surface area contributed by atoms with Gasteiger partial charge in [-0.05, 0) is 41.5 Å². The topological polar surface area (TPSA) is 81.0 Å². The Bertz CT molecular complexity index is 1390. The van der Waals surface area contributed by atoms with Crippen LogP contribution in [0, 0.1) is 0 Å². The number of carbonyl (C=O) groups excluding carboxylic acids is 1. The first-order chi connectivity index (χ1) is 14.7. The summed E-state index contributed by atoms with van der Waals surface area (Å²) in [6.07, 6.45) is 1.87. The first kappa shape index (κ1) is 17.9. The van der Waals surface area contributed by atoms with E-state index in [0.717, 1.165) is 44.2 Å². The van der Waals surface area contributed by atoms with Crippen molar-refractivity contribution in [3.05, 3.63) is 84.6 Å². The number of carbonyl (C=O) groups is 1. The number of rotatable bonds is 3. The Morgan fingerprint density at radius 2 is 1.73 bits per heavy atom. The lowest BCUT2D eigenvalue weighted by Crippen LogP contribution is -2.00. The second-order valence-electron chi connectivity index (χ2n) is 7.14. The molecule has 0 saturated heterocycles. The Kier molecular flexibility index (Phi) is 4.21. The van der Waals surface area contributed by atoms with Crippen LogP contribution in [0.3, 0.4) is 0 Å². The Morgan fingerprint density at radius 3 is 2.47 bits per heavy atom. The van der Waals surface area contributed by atoms with Crippen LogP contribution in [-0.4, -0.2) is 23.0 Å². The molecule has 0 aliphatic heterocycles. The molecule has 30 heavy (non-hydrogen) atoms. The third kappa shape index (κ3) is 2.88. The molecule has 0 radical (unpaired) electrons. The molecular weight excluding hydrogens is 374 g/mol. The zero-order valence-corrected chi connectivity index (χ0v) is 16.3. The van der Waals surface area contributed by atoms with Crippen LogP contribution in [0.4, 0.5) is 5.69 Å². The van der Waals surface area contributed by atoms with Crippen molar-refractivity contribution in [2.45, 2.75) is 0 Å². The van der Waals surface area contributed by atoms with E-state index in [1.807, 2.05) is 54.7 Å². The summed E-state index contributed by atoms with van der Waals surface area (Å²) in [5.41, 5.74) is 13.2. The van der Waals surface area contributed by atoms with E-state index >= 15 is 0 Å². The monoisotopic (exact) mass is 393 g/mol. The highest BCUT2D eigenvalue weighted by Crippen LogP contribution is 2.40. The molecule has 0 atom stereocenters. The number of hydrogen-bond donors (Lipinski definition) is 2. The first-order valence-electron chi connectivity index (χ1n) is 9.60. The molecular formula is C25H19N3O2. The molecule has 0 spiro atoms. The van der Waals surface area contributed by atoms with Crippen molar-refractivity contribution in [3.63, 3.8) is 0 Å². The molecule has 0 fully saturated rings. The molecule has 0 saturated carbocycles. The molecule has 146 valence electrons. The highest BCUT2D eigenvalue weighted by molar-refractivity contribution is 6.16. The summed E-state index contributed by atoms with van der Waals surface area (Å²) >= 11 is 0. The molecule has 3 aromatic carbocycles. The van der Waals surface area contributed by atoms with Gasteiger partial charge >= 0.3 is 5.97 Å². The van der Waals surface area contributed by atoms with Crippen molar-refractivity contribution >= 4 is 33.6 Å². The molecule has 5 heteroatoms. The van der Waals surface area contributed by atoms with Gasteiger partial charge in [-0.25, -0.2) is 9.78 Å². The SMILES string of the molecule is COC(=O)c1ccc(-c2cnc3[nH]c4ccc(N)cc4c3c2-c2ccccc2)cc1. The number of nitrogens with two attached hydrogens (primary N) is 1. The van der Waals surface area contributed by atoms with Crippen molar-refractivity contribution in [1.82, 2.24) is 9.97 Å². The number of benzene rings is 3. The molecule has 5 rings (SSSR count). The number of hydrogen-bond acceptors (Lipinski definition) is 4. The summed E-state index contributed by atoms with van der Waals surface area (Å²) in [5.74, 6) is -0.356. The normalized spacial score (nSPS) is 11.1. The number of anilines is 1. The van der Waals surface area contributed by atoms with Crippen LogP contribution >= 0.6 is 0 Å². The van der Waals surface area contributed by atoms with Crippen molar-refractivity contribution < 1.29 is 9.53 Å². The van der Waals surface area contributed by atoms with Gasteiger partial charge in [0.2, 0.25) is 0 Å². The van der Waals surface area contributed by atoms with Gasteiger partial charge in [0.15, 0.2) is 0 Å². The van der Waals surface area contributed by atoms with E-state index in [4.69, 9.17) is 15.5 Å². The predicted molar refractivity (Wildman–Crippen MR) is 120 cm³/mol. The Hall–Kier alpha value is -4.12. The molecule has 0 bridgehead atoms. The van der Waals surface area contributed by atoms with Gasteiger partial charge in [0, 0.05) is 39.3 Å². The van der Waals surface area contributed by atoms with Crippen LogP contribution in [0.2, 0.25) is 0 Å². The molecule has 0 amide bonds. The summed E-state index contributed by atoms with van der Waals surface area (Å²) in [6, 6.07) is 23.4. The fourth-order valence-corrected chi connectivity index (χ4v) is 3.90. The number of aromatic nitrogens is 2. The van der Waals surface area contributed by atoms with Crippen LogP contribution < -0.4 is 5.73 Å². The van der Waals surface area contributed by atoms with E-state index in [1.165, 1.54) is 7.11 Å². The fraction of sp³-hybridized carbons (Fsp3) is 0.0400. The predicted octanol–water partition coefficient (Wildman–Crippen LogP) is 5.42. The molecule has 0 aliphatic rings. The minimum absolute atomic E-state index is 0.356. The van der Waals surface area contributed by atoms with Crippen LogP contribution in [-0.2, 0) is 4.74 Å². The zero-order valence-electron chi connectivity index (χ0n) is 16.3. The van der Waals surface area contributed by atoms with Crippen molar-refractivity contribution in [3.8, 4) is 22.3 Å². The van der Waals surface area contributed by atoms with Gasteiger partial charge in [-0.2, -0.15) is 0 Å². The van der Waals surface area contributed by atoms with Crippen LogP contribution in [0.25, 0.3) is 44.2 Å². The molecule has 2 heterocycles. The smallest absolute Gasteiger partial charge is 0.337 e. The molecule has 0 unspecified atom stereocenters. The summed E-state index contributed by atoms with van der Waals surface area (Å²) in [7, 11) is 1.38. The third-order valence-corrected chi connectivity index (χ3v) is 5.32. The number of H-pyrrole nitrogens is 1. The molecule has 3 N–H and O–H groups in total. The second-order valence-corrected chi connectivity index (χ2v) is 7.14. The van der Waals surface area contributed by atoms with Gasteiger partial charge in [0.05, 0.1) is 12.7 Å². The van der Waals surface area contributed by atoms with Gasteiger partial charge in [0.25, 0.3) is 0 Å². The maximum Gasteiger partial charge on any atom is 0.337 e. The number of methoxy groups -OCH3 is 1. The number of pyridine rings is 1. The second kappa shape index (κ2) is 7.04. The van der Waals surface area contributed by atoms with Crippen LogP contribution in [0.15, 0.2) is 79.0 Å². The van der Waals surface area contributed by atoms with Gasteiger partial charge in [-0.3, -0.25) is 0 Å². The third-order valence-electron chi connectivity index (χ3n) is 5.32. The fourth-order valence-electron chi connectivity index (χ4n) is 3.90. The zero-order chi connectivity index (χ0) is 20.7. The van der Waals surface area contributed by atoms with E-state index < -0.39 is 0 Å². The van der Waals surface area contributed by atoms with Crippen molar-refractivity contribution in [2.75, 3.05) is 12.8 Å². The number of nitrogen functional groups attached to an aromatic ring is 1. The number of nitrogens with zero attached hydrogens (tertiary/aromatic N) is 1. The summed E-state index contributed by atoms with van der Waals surface area (Å²) in [5, 5.41) is 2.06. The van der Waals surface area contributed by atoms with Crippen molar-refractivity contribution in [2.24, 2.45) is 0 Å². The quantitative estimate of drug-likeness (QED) is 0.317. The summed E-state index contributed by atoms with van der Waals surface area (Å²) in [4.78, 5) is 19.9. The lowest BCUT2D eigenvalue weighted by molar-refractivity contribution is 0.0601. The average Bonchev–Trinajstić information content (AvgIpc) is 3.16. The average molecular weight is 393 g/mol. The van der Waals surface area contributed by atoms with Crippen LogP contribution in [0.1, 0.15) is 10.4 Å². The molecule has 2 aromatic heterocycles. The summed E-state index contributed by atoms with van der Waals surface area (Å²) < 4.78 is 4.81. The number of aromatic amines is 1. The molecule has 5 aromatic rings. The van der Waals surface area contributed by atoms with E-state index in [-0.39, 0.29) is 5.97 Å². The number of nitrogens with one attached hydrogen (secondary N) is 1. The van der Waals surface area contributed by atoms with E-state index in [1.54, 1.807) is 12.1 Å². The lowest BCUT2D eigenvalue weighted by atomic mass is 9.92. The van der Waals surface area contributed by atoms with E-state index in [0.29, 0.717) is 11.3 Å².